The van der Waals surface area contributed by atoms with E-state index in [2.05, 4.69) is 12.2 Å². The Balaban J connectivity index is 2.56. The second kappa shape index (κ2) is 6.45. The molecule has 90 valence electrons. The van der Waals surface area contributed by atoms with Gasteiger partial charge in [0.05, 0.1) is 12.6 Å². The monoisotopic (exact) mass is 224 g/mol. The molecule has 1 atom stereocenters. The van der Waals surface area contributed by atoms with Crippen molar-refractivity contribution in [1.29, 1.82) is 0 Å². The average Bonchev–Trinajstić information content (AvgIpc) is 2.24. The largest absolute Gasteiger partial charge is 0.390 e. The molecule has 0 bridgehead atoms. The quantitative estimate of drug-likeness (QED) is 0.693. The maximum absolute atomic E-state index is 11.5. The van der Waals surface area contributed by atoms with Crippen LogP contribution in [0.4, 0.5) is 0 Å². The topological polar surface area (TPSA) is 54.3 Å². The van der Waals surface area contributed by atoms with Gasteiger partial charge in [0.2, 0.25) is 0 Å². The first-order valence-electron chi connectivity index (χ1n) is 5.70. The van der Waals surface area contributed by atoms with Crippen molar-refractivity contribution in [3.63, 3.8) is 0 Å². The number of aliphatic hydroxyl groups excluding tert-OH is 1. The van der Waals surface area contributed by atoms with E-state index in [1.54, 1.807) is 10.6 Å². The van der Waals surface area contributed by atoms with Gasteiger partial charge in [-0.05, 0) is 26.0 Å². The summed E-state index contributed by atoms with van der Waals surface area (Å²) in [7, 11) is 0. The summed E-state index contributed by atoms with van der Waals surface area (Å²) in [6.07, 6.45) is 0.516. The number of aliphatic hydroxyl groups is 1. The van der Waals surface area contributed by atoms with Crippen molar-refractivity contribution in [2.24, 2.45) is 0 Å². The van der Waals surface area contributed by atoms with Crippen LogP contribution < -0.4 is 10.9 Å². The molecule has 0 saturated carbocycles. The molecule has 1 aromatic rings. The molecular formula is C12H20N2O2. The van der Waals surface area contributed by atoms with Crippen LogP contribution in [0.15, 0.2) is 23.0 Å². The molecule has 1 heterocycles. The smallest absolute Gasteiger partial charge is 0.250 e. The van der Waals surface area contributed by atoms with E-state index in [4.69, 9.17) is 0 Å². The van der Waals surface area contributed by atoms with Gasteiger partial charge in [-0.1, -0.05) is 13.0 Å². The number of nitrogens with one attached hydrogen (secondary N) is 1. The third-order valence-electron chi connectivity index (χ3n) is 2.47. The standard InChI is InChI=1S/C12H20N2O2/c1-3-7-13-8-11(15)9-14-10(2)5-4-6-12(14)16/h4-6,11,13,15H,3,7-9H2,1-2H3. The fourth-order valence-corrected chi connectivity index (χ4v) is 1.58. The maximum Gasteiger partial charge on any atom is 0.250 e. The molecule has 4 nitrogen and oxygen atoms in total. The molecule has 0 fully saturated rings. The van der Waals surface area contributed by atoms with Gasteiger partial charge in [0.25, 0.3) is 5.56 Å². The lowest BCUT2D eigenvalue weighted by Crippen LogP contribution is -2.34. The highest BCUT2D eigenvalue weighted by molar-refractivity contribution is 5.04. The molecule has 0 aliphatic carbocycles. The van der Waals surface area contributed by atoms with Crippen molar-refractivity contribution in [1.82, 2.24) is 9.88 Å². The molecular weight excluding hydrogens is 204 g/mol. The summed E-state index contributed by atoms with van der Waals surface area (Å²) in [5.41, 5.74) is 0.816. The molecule has 0 aliphatic rings. The second-order valence-corrected chi connectivity index (χ2v) is 3.97. The SMILES string of the molecule is CCCNCC(O)Cn1c(C)cccc1=O. The van der Waals surface area contributed by atoms with Crippen LogP contribution in [-0.2, 0) is 6.54 Å². The first kappa shape index (κ1) is 12.9. The summed E-state index contributed by atoms with van der Waals surface area (Å²) in [6.45, 7) is 5.70. The van der Waals surface area contributed by atoms with Gasteiger partial charge in [0.15, 0.2) is 0 Å². The van der Waals surface area contributed by atoms with Crippen LogP contribution in [0.3, 0.4) is 0 Å². The zero-order chi connectivity index (χ0) is 12.0. The van der Waals surface area contributed by atoms with Crippen LogP contribution in [0.1, 0.15) is 19.0 Å². The van der Waals surface area contributed by atoms with Crippen LogP contribution in [0.25, 0.3) is 0 Å². The molecule has 0 aromatic carbocycles. The third kappa shape index (κ3) is 3.79. The van der Waals surface area contributed by atoms with Crippen molar-refractivity contribution in [3.05, 3.63) is 34.2 Å². The Morgan fingerprint density at radius 1 is 1.50 bits per heavy atom. The van der Waals surface area contributed by atoms with Crippen molar-refractivity contribution in [2.45, 2.75) is 32.9 Å². The summed E-state index contributed by atoms with van der Waals surface area (Å²) >= 11 is 0. The number of pyridine rings is 1. The lowest BCUT2D eigenvalue weighted by molar-refractivity contribution is 0.149. The molecule has 2 N–H and O–H groups in total. The average molecular weight is 224 g/mol. The van der Waals surface area contributed by atoms with Crippen molar-refractivity contribution in [3.8, 4) is 0 Å². The van der Waals surface area contributed by atoms with E-state index in [-0.39, 0.29) is 5.56 Å². The normalized spacial score (nSPS) is 12.7. The number of aromatic nitrogens is 1. The second-order valence-electron chi connectivity index (χ2n) is 3.97. The lowest BCUT2D eigenvalue weighted by atomic mass is 10.3. The van der Waals surface area contributed by atoms with Gasteiger partial charge in [-0.2, -0.15) is 0 Å². The fraction of sp³-hybridized carbons (Fsp3) is 0.583. The molecule has 1 aromatic heterocycles. The Labute approximate surface area is 95.9 Å². The first-order valence-corrected chi connectivity index (χ1v) is 5.70. The molecule has 0 aliphatic heterocycles. The Bertz CT molecular complexity index is 374. The van der Waals surface area contributed by atoms with Gasteiger partial charge in [-0.25, -0.2) is 0 Å². The lowest BCUT2D eigenvalue weighted by Gasteiger charge is -2.15. The van der Waals surface area contributed by atoms with Crippen LogP contribution in [-0.4, -0.2) is 28.9 Å². The van der Waals surface area contributed by atoms with E-state index in [0.29, 0.717) is 13.1 Å². The summed E-state index contributed by atoms with van der Waals surface area (Å²) in [6, 6.07) is 5.11. The molecule has 0 spiro atoms. The van der Waals surface area contributed by atoms with E-state index in [1.165, 1.54) is 6.07 Å². The Hall–Kier alpha value is -1.13. The van der Waals surface area contributed by atoms with Gasteiger partial charge in [0.1, 0.15) is 0 Å². The number of nitrogens with zero attached hydrogens (tertiary/aromatic N) is 1. The van der Waals surface area contributed by atoms with E-state index in [9.17, 15) is 9.90 Å². The minimum absolute atomic E-state index is 0.0606. The Kier molecular flexibility index (Phi) is 5.22. The highest BCUT2D eigenvalue weighted by Crippen LogP contribution is 1.95. The summed E-state index contributed by atoms with van der Waals surface area (Å²) in [5, 5.41) is 12.9. The molecule has 16 heavy (non-hydrogen) atoms. The molecule has 4 heteroatoms. The summed E-state index contributed by atoms with van der Waals surface area (Å²) in [4.78, 5) is 11.5. The minimum Gasteiger partial charge on any atom is -0.390 e. The number of hydrogen-bond donors (Lipinski definition) is 2. The molecule has 0 amide bonds. The third-order valence-corrected chi connectivity index (χ3v) is 2.47. The zero-order valence-corrected chi connectivity index (χ0v) is 9.94. The van der Waals surface area contributed by atoms with Crippen molar-refractivity contribution >= 4 is 0 Å². The number of aryl methyl sites for hydroxylation is 1. The highest BCUT2D eigenvalue weighted by atomic mass is 16.3. The molecule has 0 saturated heterocycles. The van der Waals surface area contributed by atoms with Gasteiger partial charge in [-0.15, -0.1) is 0 Å². The molecule has 1 rings (SSSR count). The minimum atomic E-state index is -0.523. The van der Waals surface area contributed by atoms with Crippen molar-refractivity contribution < 1.29 is 5.11 Å². The summed E-state index contributed by atoms with van der Waals surface area (Å²) in [5.74, 6) is 0. The predicted molar refractivity (Wildman–Crippen MR) is 64.6 cm³/mol. The highest BCUT2D eigenvalue weighted by Gasteiger charge is 2.07. The van der Waals surface area contributed by atoms with Crippen molar-refractivity contribution in [2.75, 3.05) is 13.1 Å². The van der Waals surface area contributed by atoms with E-state index < -0.39 is 6.10 Å². The first-order chi connectivity index (χ1) is 7.65. The predicted octanol–water partition coefficient (Wildman–Crippen LogP) is 0.517. The summed E-state index contributed by atoms with van der Waals surface area (Å²) < 4.78 is 1.60. The maximum atomic E-state index is 11.5. The molecule has 1 unspecified atom stereocenters. The fourth-order valence-electron chi connectivity index (χ4n) is 1.58. The van der Waals surface area contributed by atoms with E-state index >= 15 is 0 Å². The number of hydrogen-bond acceptors (Lipinski definition) is 3. The van der Waals surface area contributed by atoms with Gasteiger partial charge < -0.3 is 15.0 Å². The van der Waals surface area contributed by atoms with Gasteiger partial charge >= 0.3 is 0 Å². The zero-order valence-electron chi connectivity index (χ0n) is 9.94. The van der Waals surface area contributed by atoms with Crippen LogP contribution in [0.2, 0.25) is 0 Å². The molecule has 0 radical (unpaired) electrons. The van der Waals surface area contributed by atoms with Crippen LogP contribution >= 0.6 is 0 Å². The Morgan fingerprint density at radius 3 is 2.88 bits per heavy atom. The number of rotatable bonds is 6. The van der Waals surface area contributed by atoms with Crippen LogP contribution in [0, 0.1) is 6.92 Å². The van der Waals surface area contributed by atoms with Gasteiger partial charge in [0, 0.05) is 18.3 Å². The Morgan fingerprint density at radius 2 is 2.25 bits per heavy atom. The van der Waals surface area contributed by atoms with Gasteiger partial charge in [-0.3, -0.25) is 4.79 Å². The van der Waals surface area contributed by atoms with E-state index in [1.807, 2.05) is 13.0 Å². The van der Waals surface area contributed by atoms with E-state index in [0.717, 1.165) is 18.7 Å². The van der Waals surface area contributed by atoms with Crippen LogP contribution in [0.5, 0.6) is 0 Å².